The highest BCUT2D eigenvalue weighted by molar-refractivity contribution is 9.10. The number of allylic oxidation sites excluding steroid dienone is 2. The van der Waals surface area contributed by atoms with Gasteiger partial charge in [0, 0.05) is 16.1 Å². The number of likely N-dealkylation sites (N-methyl/N-ethyl adjacent to an activating group) is 1. The molecule has 3 rings (SSSR count). The number of halogens is 1. The van der Waals surface area contributed by atoms with Gasteiger partial charge >= 0.3 is 0 Å². The Morgan fingerprint density at radius 1 is 1.44 bits per heavy atom. The van der Waals surface area contributed by atoms with E-state index in [0.717, 1.165) is 21.4 Å². The van der Waals surface area contributed by atoms with Gasteiger partial charge in [-0.2, -0.15) is 0 Å². The zero-order valence-electron chi connectivity index (χ0n) is 9.98. The average molecular weight is 321 g/mol. The maximum absolute atomic E-state index is 4.69. The van der Waals surface area contributed by atoms with Crippen LogP contribution >= 0.6 is 27.3 Å². The maximum atomic E-state index is 4.69. The molecule has 1 aromatic heterocycles. The number of nitrogens with one attached hydrogen (secondary N) is 1. The van der Waals surface area contributed by atoms with Crippen LogP contribution in [-0.4, -0.2) is 18.1 Å². The number of hydrogen-bond donors (Lipinski definition) is 1. The summed E-state index contributed by atoms with van der Waals surface area (Å²) in [6.07, 6.45) is 7.66. The minimum Gasteiger partial charge on any atom is -0.313 e. The van der Waals surface area contributed by atoms with Gasteiger partial charge < -0.3 is 5.32 Å². The van der Waals surface area contributed by atoms with Crippen LogP contribution in [0.2, 0.25) is 0 Å². The standard InChI is InChI=1S/C14H13BrN2S/c1-16-11-5-2-9(3-6-11)14-17-12-7-4-10(15)8-13(12)18-14/h2-5,7-8,11,16H,6H2,1H3. The second-order valence-electron chi connectivity index (χ2n) is 4.28. The summed E-state index contributed by atoms with van der Waals surface area (Å²) in [4.78, 5) is 4.69. The third-order valence-electron chi connectivity index (χ3n) is 3.07. The third kappa shape index (κ3) is 2.28. The van der Waals surface area contributed by atoms with Crippen LogP contribution in [0.4, 0.5) is 0 Å². The Morgan fingerprint density at radius 3 is 3.06 bits per heavy atom. The molecule has 1 unspecified atom stereocenters. The highest BCUT2D eigenvalue weighted by Crippen LogP contribution is 2.31. The highest BCUT2D eigenvalue weighted by atomic mass is 79.9. The van der Waals surface area contributed by atoms with E-state index in [1.54, 1.807) is 11.3 Å². The molecule has 0 spiro atoms. The summed E-state index contributed by atoms with van der Waals surface area (Å²) >= 11 is 5.24. The molecule has 0 bridgehead atoms. The van der Waals surface area contributed by atoms with Crippen molar-refractivity contribution < 1.29 is 0 Å². The molecule has 92 valence electrons. The number of nitrogens with zero attached hydrogens (tertiary/aromatic N) is 1. The molecule has 0 saturated carbocycles. The van der Waals surface area contributed by atoms with Crippen LogP contribution in [0.15, 0.2) is 40.9 Å². The summed E-state index contributed by atoms with van der Waals surface area (Å²) in [7, 11) is 1.99. The molecule has 0 radical (unpaired) electrons. The van der Waals surface area contributed by atoms with Gasteiger partial charge in [-0.3, -0.25) is 0 Å². The van der Waals surface area contributed by atoms with Crippen LogP contribution in [0.3, 0.4) is 0 Å². The van der Waals surface area contributed by atoms with Crippen molar-refractivity contribution in [2.45, 2.75) is 12.5 Å². The molecule has 0 aliphatic heterocycles. The van der Waals surface area contributed by atoms with Crippen LogP contribution in [0.1, 0.15) is 11.4 Å². The fraction of sp³-hybridized carbons (Fsp3) is 0.214. The summed E-state index contributed by atoms with van der Waals surface area (Å²) in [5, 5.41) is 4.36. The molecular weight excluding hydrogens is 308 g/mol. The van der Waals surface area contributed by atoms with Gasteiger partial charge in [0.25, 0.3) is 0 Å². The summed E-state index contributed by atoms with van der Waals surface area (Å²) in [5.74, 6) is 0. The lowest BCUT2D eigenvalue weighted by molar-refractivity contribution is 0.673. The second-order valence-corrected chi connectivity index (χ2v) is 6.23. The van der Waals surface area contributed by atoms with Crippen LogP contribution in [-0.2, 0) is 0 Å². The van der Waals surface area contributed by atoms with Gasteiger partial charge in [-0.25, -0.2) is 4.98 Å². The monoisotopic (exact) mass is 320 g/mol. The quantitative estimate of drug-likeness (QED) is 0.905. The molecule has 0 amide bonds. The van der Waals surface area contributed by atoms with Gasteiger partial charge in [-0.05, 0) is 31.7 Å². The molecular formula is C14H13BrN2S. The second kappa shape index (κ2) is 4.96. The molecule has 1 N–H and O–H groups in total. The number of benzene rings is 1. The van der Waals surface area contributed by atoms with E-state index in [9.17, 15) is 0 Å². The fourth-order valence-electron chi connectivity index (χ4n) is 2.01. The predicted octanol–water partition coefficient (Wildman–Crippen LogP) is 3.99. The first kappa shape index (κ1) is 12.1. The number of aromatic nitrogens is 1. The first-order valence-corrected chi connectivity index (χ1v) is 7.49. The van der Waals surface area contributed by atoms with E-state index < -0.39 is 0 Å². The van der Waals surface area contributed by atoms with E-state index >= 15 is 0 Å². The lowest BCUT2D eigenvalue weighted by Crippen LogP contribution is -2.23. The number of fused-ring (bicyclic) bond motifs is 1. The van der Waals surface area contributed by atoms with Gasteiger partial charge in [0.15, 0.2) is 0 Å². The lowest BCUT2D eigenvalue weighted by Gasteiger charge is -2.13. The molecule has 0 fully saturated rings. The van der Waals surface area contributed by atoms with Gasteiger partial charge in [0.2, 0.25) is 0 Å². The smallest absolute Gasteiger partial charge is 0.124 e. The minimum absolute atomic E-state index is 0.456. The molecule has 4 heteroatoms. The Morgan fingerprint density at radius 2 is 2.33 bits per heavy atom. The van der Waals surface area contributed by atoms with Crippen molar-refractivity contribution in [3.8, 4) is 0 Å². The third-order valence-corrected chi connectivity index (χ3v) is 4.63. The molecule has 2 aromatic rings. The van der Waals surface area contributed by atoms with Crippen molar-refractivity contribution in [1.82, 2.24) is 10.3 Å². The topological polar surface area (TPSA) is 24.9 Å². The summed E-state index contributed by atoms with van der Waals surface area (Å²) in [6, 6.07) is 6.67. The lowest BCUT2D eigenvalue weighted by atomic mass is 10.0. The Labute approximate surface area is 119 Å². The van der Waals surface area contributed by atoms with E-state index in [1.165, 1.54) is 10.3 Å². The Bertz CT molecular complexity index is 642. The van der Waals surface area contributed by atoms with Crippen molar-refractivity contribution >= 4 is 43.1 Å². The predicted molar refractivity (Wildman–Crippen MR) is 81.9 cm³/mol. The number of hydrogen-bond acceptors (Lipinski definition) is 3. The Balaban J connectivity index is 1.96. The van der Waals surface area contributed by atoms with Crippen LogP contribution in [0.5, 0.6) is 0 Å². The Kier molecular flexibility index (Phi) is 3.33. The van der Waals surface area contributed by atoms with Crippen molar-refractivity contribution in [2.24, 2.45) is 0 Å². The normalized spacial score (nSPS) is 19.2. The molecule has 1 atom stereocenters. The molecule has 1 aromatic carbocycles. The first-order valence-electron chi connectivity index (χ1n) is 5.88. The number of thiazole rings is 1. The van der Waals surface area contributed by atoms with Crippen molar-refractivity contribution in [3.05, 3.63) is 45.9 Å². The van der Waals surface area contributed by atoms with Crippen molar-refractivity contribution in [3.63, 3.8) is 0 Å². The van der Waals surface area contributed by atoms with E-state index in [-0.39, 0.29) is 0 Å². The summed E-state index contributed by atoms with van der Waals surface area (Å²) < 4.78 is 2.33. The Hall–Kier alpha value is -0.970. The van der Waals surface area contributed by atoms with Gasteiger partial charge in [-0.1, -0.05) is 34.2 Å². The molecule has 1 aliphatic rings. The fourth-order valence-corrected chi connectivity index (χ4v) is 3.55. The van der Waals surface area contributed by atoms with Gasteiger partial charge in [0.05, 0.1) is 10.2 Å². The van der Waals surface area contributed by atoms with E-state index in [0.29, 0.717) is 6.04 Å². The van der Waals surface area contributed by atoms with Gasteiger partial charge in [0.1, 0.15) is 5.01 Å². The van der Waals surface area contributed by atoms with Gasteiger partial charge in [-0.15, -0.1) is 11.3 Å². The van der Waals surface area contributed by atoms with Crippen LogP contribution in [0.25, 0.3) is 15.8 Å². The van der Waals surface area contributed by atoms with Crippen LogP contribution in [0, 0.1) is 0 Å². The van der Waals surface area contributed by atoms with Crippen LogP contribution < -0.4 is 5.32 Å². The average Bonchev–Trinajstić information content (AvgIpc) is 2.81. The molecule has 2 nitrogen and oxygen atoms in total. The molecule has 0 saturated heterocycles. The maximum Gasteiger partial charge on any atom is 0.124 e. The summed E-state index contributed by atoms with van der Waals surface area (Å²) in [6.45, 7) is 0. The minimum atomic E-state index is 0.456. The largest absolute Gasteiger partial charge is 0.313 e. The molecule has 1 heterocycles. The van der Waals surface area contributed by atoms with E-state index in [4.69, 9.17) is 0 Å². The summed E-state index contributed by atoms with van der Waals surface area (Å²) in [5.41, 5.74) is 2.31. The number of rotatable bonds is 2. The zero-order valence-corrected chi connectivity index (χ0v) is 12.4. The molecule has 1 aliphatic carbocycles. The van der Waals surface area contributed by atoms with E-state index in [1.807, 2.05) is 13.1 Å². The van der Waals surface area contributed by atoms with Crippen molar-refractivity contribution in [2.75, 3.05) is 7.05 Å². The first-order chi connectivity index (χ1) is 8.76. The molecule has 18 heavy (non-hydrogen) atoms. The van der Waals surface area contributed by atoms with E-state index in [2.05, 4.69) is 56.6 Å². The SMILES string of the molecule is CNC1C=CC(c2nc3ccc(Br)cc3s2)=CC1. The highest BCUT2D eigenvalue weighted by Gasteiger charge is 2.11. The zero-order chi connectivity index (χ0) is 12.5. The van der Waals surface area contributed by atoms with Crippen molar-refractivity contribution in [1.29, 1.82) is 0 Å².